The summed E-state index contributed by atoms with van der Waals surface area (Å²) in [5.41, 5.74) is 1.04. The molecule has 1 aromatic heterocycles. The lowest BCUT2D eigenvalue weighted by Crippen LogP contribution is -2.13. The maximum Gasteiger partial charge on any atom is 0.214 e. The van der Waals surface area contributed by atoms with E-state index in [1.54, 1.807) is 12.1 Å². The Kier molecular flexibility index (Phi) is 4.25. The Labute approximate surface area is 105 Å². The van der Waals surface area contributed by atoms with Gasteiger partial charge in [-0.2, -0.15) is 4.39 Å². The molecule has 0 aliphatic rings. The maximum absolute atomic E-state index is 13.0. The number of hydrogen-bond donors (Lipinski definition) is 2. The number of aromatic nitrogens is 1. The molecule has 18 heavy (non-hydrogen) atoms. The van der Waals surface area contributed by atoms with Crippen molar-refractivity contribution in [2.75, 3.05) is 11.9 Å². The van der Waals surface area contributed by atoms with Crippen LogP contribution in [0.4, 0.5) is 10.2 Å². The second-order valence-electron chi connectivity index (χ2n) is 3.97. The van der Waals surface area contributed by atoms with Gasteiger partial charge in [0.15, 0.2) is 0 Å². The van der Waals surface area contributed by atoms with Gasteiger partial charge in [-0.15, -0.1) is 0 Å². The van der Waals surface area contributed by atoms with Gasteiger partial charge in [0.2, 0.25) is 5.95 Å². The molecule has 0 bridgehead atoms. The van der Waals surface area contributed by atoms with Crippen LogP contribution in [-0.2, 0) is 0 Å². The second kappa shape index (κ2) is 6.12. The monoisotopic (exact) mass is 246 g/mol. The lowest BCUT2D eigenvalue weighted by molar-refractivity contribution is 0.280. The molecule has 0 aliphatic heterocycles. The number of benzene rings is 1. The van der Waals surface area contributed by atoms with Gasteiger partial charge in [-0.25, -0.2) is 4.98 Å². The van der Waals surface area contributed by atoms with Gasteiger partial charge >= 0.3 is 0 Å². The molecule has 2 rings (SSSR count). The van der Waals surface area contributed by atoms with Gasteiger partial charge in [0.1, 0.15) is 5.82 Å². The third-order valence-corrected chi connectivity index (χ3v) is 2.66. The van der Waals surface area contributed by atoms with Crippen molar-refractivity contribution in [1.29, 1.82) is 0 Å². The summed E-state index contributed by atoms with van der Waals surface area (Å²) >= 11 is 0. The Morgan fingerprint density at radius 3 is 2.56 bits per heavy atom. The van der Waals surface area contributed by atoms with Crippen molar-refractivity contribution >= 4 is 5.82 Å². The number of anilines is 1. The van der Waals surface area contributed by atoms with E-state index in [0.717, 1.165) is 5.56 Å². The van der Waals surface area contributed by atoms with Crippen molar-refractivity contribution in [2.24, 2.45) is 0 Å². The van der Waals surface area contributed by atoms with Gasteiger partial charge in [-0.3, -0.25) is 0 Å². The summed E-state index contributed by atoms with van der Waals surface area (Å²) in [7, 11) is 0. The van der Waals surface area contributed by atoms with E-state index in [0.29, 0.717) is 12.2 Å². The normalized spacial score (nSPS) is 12.1. The van der Waals surface area contributed by atoms with Crippen molar-refractivity contribution in [3.8, 4) is 0 Å². The molecule has 0 saturated heterocycles. The van der Waals surface area contributed by atoms with Gasteiger partial charge in [-0.05, 0) is 24.1 Å². The van der Waals surface area contributed by atoms with E-state index in [-0.39, 0.29) is 12.6 Å². The predicted octanol–water partition coefficient (Wildman–Crippen LogP) is 2.76. The topological polar surface area (TPSA) is 45.1 Å². The highest BCUT2D eigenvalue weighted by molar-refractivity contribution is 5.38. The molecule has 1 heterocycles. The predicted molar refractivity (Wildman–Crippen MR) is 68.7 cm³/mol. The second-order valence-corrected chi connectivity index (χ2v) is 3.97. The average Bonchev–Trinajstić information content (AvgIpc) is 2.39. The number of halogens is 1. The van der Waals surface area contributed by atoms with Crippen molar-refractivity contribution < 1.29 is 9.50 Å². The third-order valence-electron chi connectivity index (χ3n) is 2.66. The first-order valence-electron chi connectivity index (χ1n) is 5.84. The van der Waals surface area contributed by atoms with Crippen molar-refractivity contribution in [1.82, 2.24) is 4.98 Å². The molecule has 0 spiro atoms. The molecule has 0 radical (unpaired) electrons. The smallest absolute Gasteiger partial charge is 0.214 e. The van der Waals surface area contributed by atoms with Crippen LogP contribution in [0.25, 0.3) is 0 Å². The molecule has 0 saturated carbocycles. The minimum atomic E-state index is -0.518. The lowest BCUT2D eigenvalue weighted by Gasteiger charge is -2.18. The van der Waals surface area contributed by atoms with E-state index in [2.05, 4.69) is 10.3 Å². The standard InChI is InChI=1S/C14H15FN2O/c15-13-7-4-8-14(17-13)16-12(9-10-18)11-5-2-1-3-6-11/h1-8,12,18H,9-10H2,(H,16,17)/t12-/m1/s1. The van der Waals surface area contributed by atoms with Gasteiger partial charge in [0.25, 0.3) is 0 Å². The summed E-state index contributed by atoms with van der Waals surface area (Å²) in [6.45, 7) is 0.0574. The number of rotatable bonds is 5. The molecular weight excluding hydrogens is 231 g/mol. The Morgan fingerprint density at radius 1 is 1.11 bits per heavy atom. The molecule has 1 aromatic carbocycles. The largest absolute Gasteiger partial charge is 0.396 e. The van der Waals surface area contributed by atoms with E-state index >= 15 is 0 Å². The molecule has 2 aromatic rings. The van der Waals surface area contributed by atoms with Crippen LogP contribution in [0.1, 0.15) is 18.0 Å². The van der Waals surface area contributed by atoms with E-state index in [1.165, 1.54) is 6.07 Å². The van der Waals surface area contributed by atoms with E-state index in [4.69, 9.17) is 5.11 Å². The molecule has 4 heteroatoms. The molecule has 0 aliphatic carbocycles. The summed E-state index contributed by atoms with van der Waals surface area (Å²) in [5.74, 6) is -0.0480. The highest BCUT2D eigenvalue weighted by Crippen LogP contribution is 2.21. The Hall–Kier alpha value is -1.94. The average molecular weight is 246 g/mol. The van der Waals surface area contributed by atoms with Crippen LogP contribution in [0, 0.1) is 5.95 Å². The first-order valence-corrected chi connectivity index (χ1v) is 5.84. The fraction of sp³-hybridized carbons (Fsp3) is 0.214. The summed E-state index contributed by atoms with van der Waals surface area (Å²) < 4.78 is 13.0. The highest BCUT2D eigenvalue weighted by atomic mass is 19.1. The maximum atomic E-state index is 13.0. The molecule has 0 amide bonds. The van der Waals surface area contributed by atoms with Crippen LogP contribution in [0.5, 0.6) is 0 Å². The first kappa shape index (κ1) is 12.5. The first-order chi connectivity index (χ1) is 8.79. The number of aliphatic hydroxyl groups excluding tert-OH is 1. The van der Waals surface area contributed by atoms with Gasteiger partial charge < -0.3 is 10.4 Å². The van der Waals surface area contributed by atoms with Crippen LogP contribution in [0.3, 0.4) is 0 Å². The van der Waals surface area contributed by atoms with Crippen LogP contribution in [0.2, 0.25) is 0 Å². The minimum Gasteiger partial charge on any atom is -0.396 e. The third kappa shape index (κ3) is 3.28. The molecule has 0 fully saturated rings. The molecule has 94 valence electrons. The lowest BCUT2D eigenvalue weighted by atomic mass is 10.0. The quantitative estimate of drug-likeness (QED) is 0.797. The molecule has 1 atom stereocenters. The SMILES string of the molecule is OCC[C@@H](Nc1cccc(F)n1)c1ccccc1. The van der Waals surface area contributed by atoms with Gasteiger partial charge in [0, 0.05) is 6.61 Å². The minimum absolute atomic E-state index is 0.0574. The zero-order valence-electron chi connectivity index (χ0n) is 9.88. The van der Waals surface area contributed by atoms with E-state index in [9.17, 15) is 4.39 Å². The molecular formula is C14H15FN2O. The number of pyridine rings is 1. The molecule has 3 nitrogen and oxygen atoms in total. The van der Waals surface area contributed by atoms with Crippen molar-refractivity contribution in [3.05, 3.63) is 60.0 Å². The summed E-state index contributed by atoms with van der Waals surface area (Å²) in [5, 5.41) is 12.2. The molecule has 0 unspecified atom stereocenters. The molecule has 2 N–H and O–H groups in total. The van der Waals surface area contributed by atoms with Gasteiger partial charge in [0.05, 0.1) is 6.04 Å². The Balaban J connectivity index is 2.16. The number of nitrogens with zero attached hydrogens (tertiary/aromatic N) is 1. The van der Waals surface area contributed by atoms with Crippen LogP contribution < -0.4 is 5.32 Å². The van der Waals surface area contributed by atoms with Crippen molar-refractivity contribution in [2.45, 2.75) is 12.5 Å². The van der Waals surface area contributed by atoms with Gasteiger partial charge in [-0.1, -0.05) is 36.4 Å². The summed E-state index contributed by atoms with van der Waals surface area (Å²) in [4.78, 5) is 3.76. The fourth-order valence-corrected chi connectivity index (χ4v) is 1.80. The number of nitrogens with one attached hydrogen (secondary N) is 1. The van der Waals surface area contributed by atoms with Crippen LogP contribution in [0.15, 0.2) is 48.5 Å². The zero-order valence-corrected chi connectivity index (χ0v) is 9.88. The van der Waals surface area contributed by atoms with Crippen molar-refractivity contribution in [3.63, 3.8) is 0 Å². The van der Waals surface area contributed by atoms with E-state index < -0.39 is 5.95 Å². The zero-order chi connectivity index (χ0) is 12.8. The summed E-state index contributed by atoms with van der Waals surface area (Å²) in [6, 6.07) is 14.3. The fourth-order valence-electron chi connectivity index (χ4n) is 1.80. The number of hydrogen-bond acceptors (Lipinski definition) is 3. The number of aliphatic hydroxyl groups is 1. The van der Waals surface area contributed by atoms with Crippen LogP contribution in [-0.4, -0.2) is 16.7 Å². The van der Waals surface area contributed by atoms with Crippen LogP contribution >= 0.6 is 0 Å². The highest BCUT2D eigenvalue weighted by Gasteiger charge is 2.11. The Bertz CT molecular complexity index is 490. The van der Waals surface area contributed by atoms with E-state index in [1.807, 2.05) is 30.3 Å². The summed E-state index contributed by atoms with van der Waals surface area (Å²) in [6.07, 6.45) is 0.544. The Morgan fingerprint density at radius 2 is 1.89 bits per heavy atom.